The highest BCUT2D eigenvalue weighted by Crippen LogP contribution is 2.44. The van der Waals surface area contributed by atoms with Crippen molar-refractivity contribution >= 4 is 21.6 Å². The molecule has 2 N–H and O–H groups in total. The van der Waals surface area contributed by atoms with Gasteiger partial charge in [0.1, 0.15) is 0 Å². The number of rotatable bonds is 5. The fourth-order valence-corrected chi connectivity index (χ4v) is 5.28. The minimum Gasteiger partial charge on any atom is -0.349 e. The Hall–Kier alpha value is -2.34. The summed E-state index contributed by atoms with van der Waals surface area (Å²) in [5.74, 6) is 1.22. The molecule has 1 amide bonds. The van der Waals surface area contributed by atoms with E-state index in [4.69, 9.17) is 0 Å². The van der Waals surface area contributed by atoms with E-state index in [2.05, 4.69) is 10.0 Å². The number of sulfonamides is 1. The molecule has 2 aromatic carbocycles. The van der Waals surface area contributed by atoms with Crippen molar-refractivity contribution in [2.24, 2.45) is 11.8 Å². The maximum Gasteiger partial charge on any atom is 0.261 e. The summed E-state index contributed by atoms with van der Waals surface area (Å²) < 4.78 is 27.4. The Balaban J connectivity index is 1.47. The van der Waals surface area contributed by atoms with Gasteiger partial charge in [-0.2, -0.15) is 0 Å². The van der Waals surface area contributed by atoms with E-state index in [1.54, 1.807) is 42.5 Å². The van der Waals surface area contributed by atoms with E-state index in [9.17, 15) is 13.2 Å². The Morgan fingerprint density at radius 2 is 1.77 bits per heavy atom. The summed E-state index contributed by atoms with van der Waals surface area (Å²) in [5, 5.41) is 3.13. The molecule has 5 nitrogen and oxygen atoms in total. The number of hydrogen-bond acceptors (Lipinski definition) is 3. The van der Waals surface area contributed by atoms with Crippen LogP contribution < -0.4 is 10.0 Å². The minimum absolute atomic E-state index is 0.136. The van der Waals surface area contributed by atoms with Gasteiger partial charge in [-0.15, -0.1) is 0 Å². The first-order valence-corrected chi connectivity index (χ1v) is 10.5. The van der Waals surface area contributed by atoms with Crippen LogP contribution >= 0.6 is 0 Å². The molecule has 26 heavy (non-hydrogen) atoms. The van der Waals surface area contributed by atoms with Crippen molar-refractivity contribution in [2.75, 3.05) is 4.72 Å². The van der Waals surface area contributed by atoms with Gasteiger partial charge in [0, 0.05) is 17.3 Å². The highest BCUT2D eigenvalue weighted by atomic mass is 32.2. The smallest absolute Gasteiger partial charge is 0.261 e. The summed E-state index contributed by atoms with van der Waals surface area (Å²) in [4.78, 5) is 12.8. The zero-order valence-electron chi connectivity index (χ0n) is 14.4. The van der Waals surface area contributed by atoms with Crippen LogP contribution in [0.15, 0.2) is 59.5 Å². The molecule has 6 heteroatoms. The number of benzene rings is 2. The Morgan fingerprint density at radius 3 is 2.46 bits per heavy atom. The number of carbonyl (C=O) groups excluding carboxylic acids is 1. The Labute approximate surface area is 153 Å². The van der Waals surface area contributed by atoms with Crippen LogP contribution in [0, 0.1) is 11.8 Å². The molecule has 136 valence electrons. The SMILES string of the molecule is O=C(N[C@H]1C[C@H]2CC[C@H]1C2)c1cccc(NS(=O)(=O)c2ccccc2)c1. The summed E-state index contributed by atoms with van der Waals surface area (Å²) in [6.07, 6.45) is 4.78. The average molecular weight is 370 g/mol. The zero-order valence-corrected chi connectivity index (χ0v) is 15.2. The summed E-state index contributed by atoms with van der Waals surface area (Å²) >= 11 is 0. The molecule has 0 radical (unpaired) electrons. The number of amides is 1. The van der Waals surface area contributed by atoms with Crippen LogP contribution in [0.4, 0.5) is 5.69 Å². The third kappa shape index (κ3) is 3.46. The second-order valence-corrected chi connectivity index (χ2v) is 8.94. The zero-order chi connectivity index (χ0) is 18.1. The lowest BCUT2D eigenvalue weighted by Crippen LogP contribution is -2.38. The molecule has 0 aliphatic heterocycles. The maximum absolute atomic E-state index is 12.6. The number of anilines is 1. The largest absolute Gasteiger partial charge is 0.349 e. The van der Waals surface area contributed by atoms with Crippen molar-refractivity contribution in [3.8, 4) is 0 Å². The summed E-state index contributed by atoms with van der Waals surface area (Å²) in [7, 11) is -3.67. The molecule has 3 atom stereocenters. The van der Waals surface area contributed by atoms with Crippen LogP contribution in [-0.2, 0) is 10.0 Å². The fraction of sp³-hybridized carbons (Fsp3) is 0.350. The van der Waals surface area contributed by atoms with Gasteiger partial charge in [0.25, 0.3) is 15.9 Å². The molecule has 0 aromatic heterocycles. The van der Waals surface area contributed by atoms with Gasteiger partial charge in [-0.3, -0.25) is 9.52 Å². The lowest BCUT2D eigenvalue weighted by molar-refractivity contribution is 0.0923. The molecule has 2 aliphatic rings. The van der Waals surface area contributed by atoms with E-state index in [0.717, 1.165) is 12.3 Å². The van der Waals surface area contributed by atoms with E-state index in [1.165, 1.54) is 31.4 Å². The van der Waals surface area contributed by atoms with E-state index >= 15 is 0 Å². The van der Waals surface area contributed by atoms with Gasteiger partial charge >= 0.3 is 0 Å². The van der Waals surface area contributed by atoms with Gasteiger partial charge in [-0.1, -0.05) is 30.7 Å². The molecule has 4 rings (SSSR count). The average Bonchev–Trinajstić information content (AvgIpc) is 3.25. The van der Waals surface area contributed by atoms with Crippen molar-refractivity contribution < 1.29 is 13.2 Å². The quantitative estimate of drug-likeness (QED) is 0.847. The molecule has 0 heterocycles. The Kier molecular flexibility index (Phi) is 4.44. The molecular weight excluding hydrogens is 348 g/mol. The monoisotopic (exact) mass is 370 g/mol. The second-order valence-electron chi connectivity index (χ2n) is 7.25. The predicted octanol–water partition coefficient (Wildman–Crippen LogP) is 3.41. The molecule has 2 saturated carbocycles. The van der Waals surface area contributed by atoms with Crippen LogP contribution in [0.5, 0.6) is 0 Å². The first-order valence-electron chi connectivity index (χ1n) is 9.00. The van der Waals surface area contributed by atoms with Gasteiger partial charge < -0.3 is 5.32 Å². The third-order valence-electron chi connectivity index (χ3n) is 5.49. The van der Waals surface area contributed by atoms with Crippen molar-refractivity contribution in [3.63, 3.8) is 0 Å². The van der Waals surface area contributed by atoms with Gasteiger partial charge in [0.15, 0.2) is 0 Å². The minimum atomic E-state index is -3.67. The van der Waals surface area contributed by atoms with Crippen molar-refractivity contribution in [3.05, 3.63) is 60.2 Å². The lowest BCUT2D eigenvalue weighted by atomic mass is 9.95. The predicted molar refractivity (Wildman–Crippen MR) is 100 cm³/mol. The number of nitrogens with one attached hydrogen (secondary N) is 2. The lowest BCUT2D eigenvalue weighted by Gasteiger charge is -2.23. The number of hydrogen-bond donors (Lipinski definition) is 2. The van der Waals surface area contributed by atoms with E-state index in [-0.39, 0.29) is 16.8 Å². The molecule has 2 aromatic rings. The summed E-state index contributed by atoms with van der Waals surface area (Å²) in [6.45, 7) is 0. The fourth-order valence-electron chi connectivity index (χ4n) is 4.21. The molecule has 0 saturated heterocycles. The highest BCUT2D eigenvalue weighted by Gasteiger charge is 2.40. The first kappa shape index (κ1) is 17.1. The first-order chi connectivity index (χ1) is 12.5. The van der Waals surface area contributed by atoms with Gasteiger partial charge in [-0.25, -0.2) is 8.42 Å². The molecule has 0 unspecified atom stereocenters. The van der Waals surface area contributed by atoms with Crippen LogP contribution in [0.25, 0.3) is 0 Å². The summed E-state index contributed by atoms with van der Waals surface area (Å²) in [6, 6.07) is 15.1. The van der Waals surface area contributed by atoms with Crippen LogP contribution in [0.1, 0.15) is 36.0 Å². The topological polar surface area (TPSA) is 75.3 Å². The third-order valence-corrected chi connectivity index (χ3v) is 6.88. The van der Waals surface area contributed by atoms with Gasteiger partial charge in [-0.05, 0) is 61.4 Å². The Bertz CT molecular complexity index is 912. The van der Waals surface area contributed by atoms with Gasteiger partial charge in [0.2, 0.25) is 0 Å². The highest BCUT2D eigenvalue weighted by molar-refractivity contribution is 7.92. The van der Waals surface area contributed by atoms with Crippen molar-refractivity contribution in [1.82, 2.24) is 5.32 Å². The second kappa shape index (κ2) is 6.76. The van der Waals surface area contributed by atoms with Crippen LogP contribution in [0.2, 0.25) is 0 Å². The summed E-state index contributed by atoms with van der Waals surface area (Å²) in [5.41, 5.74) is 0.857. The molecule has 2 bridgehead atoms. The molecule has 0 spiro atoms. The molecule has 2 fully saturated rings. The normalized spacial score (nSPS) is 24.4. The van der Waals surface area contributed by atoms with E-state index < -0.39 is 10.0 Å². The maximum atomic E-state index is 12.6. The van der Waals surface area contributed by atoms with E-state index in [0.29, 0.717) is 17.2 Å². The standard InChI is InChI=1S/C20H22N2O3S/c23-20(21-19-12-14-9-10-15(19)11-14)16-5-4-6-17(13-16)22-26(24,25)18-7-2-1-3-8-18/h1-8,13-15,19,22H,9-12H2,(H,21,23)/t14-,15-,19-/m0/s1. The van der Waals surface area contributed by atoms with Gasteiger partial charge in [0.05, 0.1) is 4.90 Å². The molecule has 2 aliphatic carbocycles. The Morgan fingerprint density at radius 1 is 0.962 bits per heavy atom. The molecular formula is C20H22N2O3S. The van der Waals surface area contributed by atoms with Crippen LogP contribution in [-0.4, -0.2) is 20.4 Å². The number of fused-ring (bicyclic) bond motifs is 2. The van der Waals surface area contributed by atoms with Crippen LogP contribution in [0.3, 0.4) is 0 Å². The van der Waals surface area contributed by atoms with Crippen molar-refractivity contribution in [2.45, 2.75) is 36.6 Å². The number of carbonyl (C=O) groups is 1. The van der Waals surface area contributed by atoms with E-state index in [1.807, 2.05) is 0 Å². The van der Waals surface area contributed by atoms with Crippen molar-refractivity contribution in [1.29, 1.82) is 0 Å².